The zero-order valence-corrected chi connectivity index (χ0v) is 10.3. The fourth-order valence-corrected chi connectivity index (χ4v) is 2.23. The molecule has 0 N–H and O–H groups in total. The molecule has 0 aliphatic rings. The molecule has 0 spiro atoms. The summed E-state index contributed by atoms with van der Waals surface area (Å²) in [6.45, 7) is 0. The van der Waals surface area contributed by atoms with E-state index in [0.717, 1.165) is 4.88 Å². The Balaban J connectivity index is 2.22. The van der Waals surface area contributed by atoms with Crippen LogP contribution in [0.5, 0.6) is 0 Å². The van der Waals surface area contributed by atoms with E-state index in [0.29, 0.717) is 21.0 Å². The topological polar surface area (TPSA) is 51.8 Å². The highest BCUT2D eigenvalue weighted by molar-refractivity contribution is 14.1. The van der Waals surface area contributed by atoms with Crippen LogP contribution in [-0.4, -0.2) is 15.0 Å². The van der Waals surface area contributed by atoms with Gasteiger partial charge in [-0.1, -0.05) is 6.07 Å². The second-order valence-corrected chi connectivity index (χ2v) is 4.74. The van der Waals surface area contributed by atoms with Crippen molar-refractivity contribution >= 4 is 45.2 Å². The van der Waals surface area contributed by atoms with E-state index >= 15 is 0 Å². The third-order valence-corrected chi connectivity index (χ3v) is 3.23. The molecule has 0 bridgehead atoms. The Morgan fingerprint density at radius 1 is 1.33 bits per heavy atom. The summed E-state index contributed by atoms with van der Waals surface area (Å²) in [5.41, 5.74) is 1.23. The SMILES string of the molecule is Ic1ncc2nc(-c3cccs3)oc2n1. The van der Waals surface area contributed by atoms with E-state index in [2.05, 4.69) is 15.0 Å². The first-order valence-corrected chi connectivity index (χ1v) is 6.12. The Morgan fingerprint density at radius 3 is 3.07 bits per heavy atom. The molecule has 74 valence electrons. The van der Waals surface area contributed by atoms with Crippen molar-refractivity contribution in [2.75, 3.05) is 0 Å². The molecule has 0 unspecified atom stereocenters. The normalized spacial score (nSPS) is 11.0. The summed E-state index contributed by atoms with van der Waals surface area (Å²) in [6, 6.07) is 3.93. The van der Waals surface area contributed by atoms with Gasteiger partial charge in [-0.05, 0) is 11.4 Å². The van der Waals surface area contributed by atoms with Gasteiger partial charge in [-0.3, -0.25) is 0 Å². The number of aromatic nitrogens is 3. The lowest BCUT2D eigenvalue weighted by Crippen LogP contribution is -1.84. The summed E-state index contributed by atoms with van der Waals surface area (Å²) in [4.78, 5) is 13.5. The molecule has 3 aromatic rings. The lowest BCUT2D eigenvalue weighted by atomic mass is 10.5. The zero-order chi connectivity index (χ0) is 10.3. The number of halogens is 1. The van der Waals surface area contributed by atoms with Crippen LogP contribution in [0.4, 0.5) is 0 Å². The van der Waals surface area contributed by atoms with Crippen molar-refractivity contribution in [2.24, 2.45) is 0 Å². The van der Waals surface area contributed by atoms with Crippen LogP contribution < -0.4 is 0 Å². The Bertz CT molecular complexity index is 605. The number of rotatable bonds is 1. The molecule has 0 radical (unpaired) electrons. The first kappa shape index (κ1) is 9.22. The Hall–Kier alpha value is -1.02. The number of oxazole rings is 1. The molecule has 0 amide bonds. The minimum Gasteiger partial charge on any atom is -0.417 e. The van der Waals surface area contributed by atoms with Crippen molar-refractivity contribution in [3.63, 3.8) is 0 Å². The van der Waals surface area contributed by atoms with Gasteiger partial charge in [0, 0.05) is 22.6 Å². The predicted molar refractivity (Wildman–Crippen MR) is 65.6 cm³/mol. The number of hydrogen-bond acceptors (Lipinski definition) is 5. The summed E-state index contributed by atoms with van der Waals surface area (Å²) >= 11 is 3.63. The molecule has 3 rings (SSSR count). The van der Waals surface area contributed by atoms with Gasteiger partial charge in [-0.15, -0.1) is 11.3 Å². The van der Waals surface area contributed by atoms with Crippen molar-refractivity contribution < 1.29 is 4.42 Å². The molecule has 0 saturated carbocycles. The van der Waals surface area contributed by atoms with Crippen LogP contribution in [-0.2, 0) is 0 Å². The Morgan fingerprint density at radius 2 is 2.27 bits per heavy atom. The smallest absolute Gasteiger partial charge is 0.251 e. The fourth-order valence-electron chi connectivity index (χ4n) is 1.22. The summed E-state index contributed by atoms with van der Waals surface area (Å²) in [6.07, 6.45) is 1.67. The van der Waals surface area contributed by atoms with Crippen molar-refractivity contribution in [2.45, 2.75) is 0 Å². The highest BCUT2D eigenvalue weighted by Crippen LogP contribution is 2.26. The van der Waals surface area contributed by atoms with Crippen LogP contribution >= 0.6 is 33.9 Å². The van der Waals surface area contributed by atoms with Gasteiger partial charge in [-0.2, -0.15) is 4.98 Å². The molecule has 3 aromatic heterocycles. The van der Waals surface area contributed by atoms with Gasteiger partial charge >= 0.3 is 0 Å². The third kappa shape index (κ3) is 1.63. The molecule has 4 nitrogen and oxygen atoms in total. The van der Waals surface area contributed by atoms with Crippen LogP contribution in [0.3, 0.4) is 0 Å². The first-order valence-electron chi connectivity index (χ1n) is 4.16. The van der Waals surface area contributed by atoms with Gasteiger partial charge in [0.2, 0.25) is 5.89 Å². The molecule has 0 fully saturated rings. The average Bonchev–Trinajstić information content (AvgIpc) is 2.84. The lowest BCUT2D eigenvalue weighted by molar-refractivity contribution is 0.607. The largest absolute Gasteiger partial charge is 0.417 e. The predicted octanol–water partition coefficient (Wildman–Crippen LogP) is 2.95. The van der Waals surface area contributed by atoms with Gasteiger partial charge in [0.25, 0.3) is 5.71 Å². The Kier molecular flexibility index (Phi) is 2.17. The summed E-state index contributed by atoms with van der Waals surface area (Å²) in [7, 11) is 0. The van der Waals surface area contributed by atoms with E-state index < -0.39 is 0 Å². The van der Waals surface area contributed by atoms with Crippen LogP contribution in [0, 0.1) is 3.83 Å². The number of fused-ring (bicyclic) bond motifs is 1. The summed E-state index contributed by atoms with van der Waals surface area (Å²) in [5.74, 6) is 0.608. The Labute approximate surface area is 103 Å². The quantitative estimate of drug-likeness (QED) is 0.509. The second-order valence-electron chi connectivity index (χ2n) is 2.83. The van der Waals surface area contributed by atoms with Gasteiger partial charge in [0.05, 0.1) is 11.1 Å². The van der Waals surface area contributed by atoms with Gasteiger partial charge in [-0.25, -0.2) is 9.97 Å². The molecular formula is C9H4IN3OS. The molecule has 3 heterocycles. The molecule has 15 heavy (non-hydrogen) atoms. The van der Waals surface area contributed by atoms with Crippen LogP contribution in [0.2, 0.25) is 0 Å². The number of nitrogens with zero attached hydrogens (tertiary/aromatic N) is 3. The molecule has 6 heteroatoms. The summed E-state index contributed by atoms with van der Waals surface area (Å²) in [5, 5.41) is 1.99. The standard InChI is InChI=1S/C9H4IN3OS/c10-9-11-4-5-7(13-9)14-8(12-5)6-2-1-3-15-6/h1-4H. The molecule has 0 aliphatic heterocycles. The second kappa shape index (κ2) is 3.53. The van der Waals surface area contributed by atoms with Crippen LogP contribution in [0.25, 0.3) is 22.0 Å². The lowest BCUT2D eigenvalue weighted by Gasteiger charge is -1.85. The number of hydrogen-bond donors (Lipinski definition) is 0. The van der Waals surface area contributed by atoms with Crippen molar-refractivity contribution in [1.82, 2.24) is 15.0 Å². The maximum atomic E-state index is 5.54. The summed E-state index contributed by atoms with van der Waals surface area (Å²) < 4.78 is 6.20. The minimum absolute atomic E-state index is 0.540. The highest BCUT2D eigenvalue weighted by atomic mass is 127. The van der Waals surface area contributed by atoms with E-state index in [-0.39, 0.29) is 0 Å². The van der Waals surface area contributed by atoms with Gasteiger partial charge < -0.3 is 4.42 Å². The van der Waals surface area contributed by atoms with Crippen molar-refractivity contribution in [3.8, 4) is 10.8 Å². The fraction of sp³-hybridized carbons (Fsp3) is 0. The van der Waals surface area contributed by atoms with E-state index in [1.165, 1.54) is 0 Å². The molecular weight excluding hydrogens is 325 g/mol. The van der Waals surface area contributed by atoms with Crippen LogP contribution in [0.1, 0.15) is 0 Å². The van der Waals surface area contributed by atoms with E-state index in [1.54, 1.807) is 17.5 Å². The molecule has 0 aliphatic carbocycles. The third-order valence-electron chi connectivity index (χ3n) is 1.85. The first-order chi connectivity index (χ1) is 7.33. The zero-order valence-electron chi connectivity index (χ0n) is 7.35. The van der Waals surface area contributed by atoms with Gasteiger partial charge in [0.1, 0.15) is 5.52 Å². The van der Waals surface area contributed by atoms with Crippen molar-refractivity contribution in [3.05, 3.63) is 27.5 Å². The van der Waals surface area contributed by atoms with Crippen LogP contribution in [0.15, 0.2) is 28.1 Å². The molecule has 0 saturated heterocycles. The highest BCUT2D eigenvalue weighted by Gasteiger charge is 2.10. The van der Waals surface area contributed by atoms with Crippen molar-refractivity contribution in [1.29, 1.82) is 0 Å². The average molecular weight is 329 g/mol. The maximum absolute atomic E-state index is 5.54. The monoisotopic (exact) mass is 329 g/mol. The maximum Gasteiger partial charge on any atom is 0.251 e. The van der Waals surface area contributed by atoms with E-state index in [9.17, 15) is 0 Å². The molecule has 0 atom stereocenters. The number of thiophene rings is 1. The van der Waals surface area contributed by atoms with Gasteiger partial charge in [0.15, 0.2) is 3.83 Å². The molecule has 0 aromatic carbocycles. The minimum atomic E-state index is 0.540. The van der Waals surface area contributed by atoms with E-state index in [1.807, 2.05) is 40.1 Å². The van der Waals surface area contributed by atoms with E-state index in [4.69, 9.17) is 4.42 Å².